The fourth-order valence-electron chi connectivity index (χ4n) is 2.86. The number of ether oxygens (including phenoxy) is 1. The standard InChI is InChI=1S/C22H17ClN4O2/c1-29-19-12-6-9-17(14-19)24-22(28)20-25-21(15-7-5-8-16(23)13-15)27(26-20)18-10-3-2-4-11-18/h2-14H,1H3,(H,24,28). The van der Waals surface area contributed by atoms with Crippen molar-refractivity contribution in [3.05, 3.63) is 89.7 Å². The van der Waals surface area contributed by atoms with E-state index in [1.54, 1.807) is 48.2 Å². The summed E-state index contributed by atoms with van der Waals surface area (Å²) in [5.74, 6) is 0.794. The predicted molar refractivity (Wildman–Crippen MR) is 113 cm³/mol. The summed E-state index contributed by atoms with van der Waals surface area (Å²) in [6, 6.07) is 23.9. The summed E-state index contributed by atoms with van der Waals surface area (Å²) >= 11 is 6.15. The first kappa shape index (κ1) is 18.7. The molecule has 0 aliphatic heterocycles. The smallest absolute Gasteiger partial charge is 0.295 e. The van der Waals surface area contributed by atoms with E-state index < -0.39 is 5.91 Å². The first-order chi connectivity index (χ1) is 14.1. The monoisotopic (exact) mass is 404 g/mol. The van der Waals surface area contributed by atoms with Crippen LogP contribution in [-0.2, 0) is 0 Å². The molecule has 0 radical (unpaired) electrons. The van der Waals surface area contributed by atoms with Crippen LogP contribution in [0.2, 0.25) is 5.02 Å². The number of nitrogens with zero attached hydrogens (tertiary/aromatic N) is 3. The highest BCUT2D eigenvalue weighted by Crippen LogP contribution is 2.24. The summed E-state index contributed by atoms with van der Waals surface area (Å²) in [6.45, 7) is 0. The summed E-state index contributed by atoms with van der Waals surface area (Å²) in [6.07, 6.45) is 0. The number of hydrogen-bond acceptors (Lipinski definition) is 4. The maximum Gasteiger partial charge on any atom is 0.295 e. The Bertz CT molecular complexity index is 1160. The van der Waals surface area contributed by atoms with Crippen LogP contribution in [0, 0.1) is 0 Å². The minimum absolute atomic E-state index is 0.0478. The quantitative estimate of drug-likeness (QED) is 0.516. The largest absolute Gasteiger partial charge is 0.497 e. The minimum atomic E-state index is -0.420. The predicted octanol–water partition coefficient (Wildman–Crippen LogP) is 4.85. The lowest BCUT2D eigenvalue weighted by Crippen LogP contribution is -2.14. The van der Waals surface area contributed by atoms with Crippen LogP contribution < -0.4 is 10.1 Å². The van der Waals surface area contributed by atoms with E-state index in [1.165, 1.54) is 0 Å². The molecule has 4 aromatic rings. The van der Waals surface area contributed by atoms with E-state index in [0.29, 0.717) is 22.3 Å². The number of carbonyl (C=O) groups is 1. The highest BCUT2D eigenvalue weighted by atomic mass is 35.5. The van der Waals surface area contributed by atoms with Crippen molar-refractivity contribution in [3.63, 3.8) is 0 Å². The van der Waals surface area contributed by atoms with Gasteiger partial charge in [0.1, 0.15) is 5.75 Å². The molecule has 1 aromatic heterocycles. The number of aromatic nitrogens is 3. The maximum atomic E-state index is 12.8. The zero-order valence-electron chi connectivity index (χ0n) is 15.5. The second kappa shape index (κ2) is 8.16. The number of nitrogens with one attached hydrogen (secondary N) is 1. The second-order valence-corrected chi connectivity index (χ2v) is 6.64. The molecular weight excluding hydrogens is 388 g/mol. The molecule has 6 nitrogen and oxygen atoms in total. The molecule has 0 bridgehead atoms. The molecule has 4 rings (SSSR count). The number of rotatable bonds is 5. The molecule has 7 heteroatoms. The molecule has 0 aliphatic rings. The molecule has 0 aliphatic carbocycles. The van der Waals surface area contributed by atoms with Crippen molar-refractivity contribution in [1.29, 1.82) is 0 Å². The van der Waals surface area contributed by atoms with Crippen molar-refractivity contribution in [2.24, 2.45) is 0 Å². The molecule has 3 aromatic carbocycles. The molecule has 0 spiro atoms. The minimum Gasteiger partial charge on any atom is -0.497 e. The lowest BCUT2D eigenvalue weighted by molar-refractivity contribution is 0.101. The van der Waals surface area contributed by atoms with Crippen molar-refractivity contribution in [1.82, 2.24) is 14.8 Å². The number of halogens is 1. The average Bonchev–Trinajstić information content (AvgIpc) is 3.20. The van der Waals surface area contributed by atoms with Gasteiger partial charge in [0.05, 0.1) is 12.8 Å². The van der Waals surface area contributed by atoms with Crippen LogP contribution in [0.5, 0.6) is 5.75 Å². The Morgan fingerprint density at radius 2 is 1.79 bits per heavy atom. The Balaban J connectivity index is 1.73. The van der Waals surface area contributed by atoms with Crippen LogP contribution in [-0.4, -0.2) is 27.8 Å². The van der Waals surface area contributed by atoms with Gasteiger partial charge in [-0.15, -0.1) is 5.10 Å². The molecule has 0 saturated heterocycles. The Hall–Kier alpha value is -3.64. The number of anilines is 1. The molecule has 1 heterocycles. The molecule has 0 saturated carbocycles. The summed E-state index contributed by atoms with van der Waals surface area (Å²) in [5, 5.41) is 7.83. The Morgan fingerprint density at radius 3 is 2.55 bits per heavy atom. The number of amides is 1. The first-order valence-corrected chi connectivity index (χ1v) is 9.25. The van der Waals surface area contributed by atoms with Gasteiger partial charge in [-0.05, 0) is 36.4 Å². The van der Waals surface area contributed by atoms with Gasteiger partial charge < -0.3 is 10.1 Å². The molecule has 0 atom stereocenters. The normalized spacial score (nSPS) is 10.6. The zero-order valence-corrected chi connectivity index (χ0v) is 16.3. The van der Waals surface area contributed by atoms with E-state index in [0.717, 1.165) is 11.3 Å². The Labute approximate surface area is 172 Å². The third-order valence-corrected chi connectivity index (χ3v) is 4.46. The van der Waals surface area contributed by atoms with E-state index in [4.69, 9.17) is 16.3 Å². The number of hydrogen-bond donors (Lipinski definition) is 1. The summed E-state index contributed by atoms with van der Waals surface area (Å²) < 4.78 is 6.82. The van der Waals surface area contributed by atoms with Gasteiger partial charge in [-0.25, -0.2) is 9.67 Å². The molecular formula is C22H17ClN4O2. The van der Waals surface area contributed by atoms with Gasteiger partial charge in [0.15, 0.2) is 5.82 Å². The van der Waals surface area contributed by atoms with Gasteiger partial charge in [-0.3, -0.25) is 4.79 Å². The van der Waals surface area contributed by atoms with Crippen molar-refractivity contribution in [2.75, 3.05) is 12.4 Å². The van der Waals surface area contributed by atoms with E-state index >= 15 is 0 Å². The second-order valence-electron chi connectivity index (χ2n) is 6.20. The van der Waals surface area contributed by atoms with Gasteiger partial charge in [0.25, 0.3) is 5.91 Å². The van der Waals surface area contributed by atoms with Gasteiger partial charge in [0, 0.05) is 22.3 Å². The summed E-state index contributed by atoms with van der Waals surface area (Å²) in [5.41, 5.74) is 2.14. The number of benzene rings is 3. The number of methoxy groups -OCH3 is 1. The SMILES string of the molecule is COc1cccc(NC(=O)c2nc(-c3cccc(Cl)c3)n(-c3ccccc3)n2)c1. The van der Waals surface area contributed by atoms with Crippen molar-refractivity contribution < 1.29 is 9.53 Å². The van der Waals surface area contributed by atoms with Crippen molar-refractivity contribution in [2.45, 2.75) is 0 Å². The Kier molecular flexibility index (Phi) is 5.27. The molecule has 1 amide bonds. The Morgan fingerprint density at radius 1 is 1.00 bits per heavy atom. The molecule has 0 fully saturated rings. The first-order valence-electron chi connectivity index (χ1n) is 8.88. The van der Waals surface area contributed by atoms with Crippen LogP contribution >= 0.6 is 11.6 Å². The number of carbonyl (C=O) groups excluding carboxylic acids is 1. The lowest BCUT2D eigenvalue weighted by Gasteiger charge is -2.05. The zero-order chi connectivity index (χ0) is 20.2. The van der Waals surface area contributed by atoms with E-state index in [-0.39, 0.29) is 5.82 Å². The molecule has 1 N–H and O–H groups in total. The van der Waals surface area contributed by atoms with Gasteiger partial charge in [0.2, 0.25) is 5.82 Å². The van der Waals surface area contributed by atoms with E-state index in [1.807, 2.05) is 42.5 Å². The van der Waals surface area contributed by atoms with Gasteiger partial charge in [-0.2, -0.15) is 0 Å². The van der Waals surface area contributed by atoms with Gasteiger partial charge >= 0.3 is 0 Å². The maximum absolute atomic E-state index is 12.8. The highest BCUT2D eigenvalue weighted by molar-refractivity contribution is 6.30. The summed E-state index contributed by atoms with van der Waals surface area (Å²) in [7, 11) is 1.57. The average molecular weight is 405 g/mol. The molecule has 29 heavy (non-hydrogen) atoms. The summed E-state index contributed by atoms with van der Waals surface area (Å²) in [4.78, 5) is 17.3. The van der Waals surface area contributed by atoms with Crippen LogP contribution in [0.1, 0.15) is 10.6 Å². The van der Waals surface area contributed by atoms with E-state index in [9.17, 15) is 4.79 Å². The highest BCUT2D eigenvalue weighted by Gasteiger charge is 2.19. The molecule has 0 unspecified atom stereocenters. The number of para-hydroxylation sites is 1. The van der Waals surface area contributed by atoms with Crippen LogP contribution in [0.3, 0.4) is 0 Å². The van der Waals surface area contributed by atoms with E-state index in [2.05, 4.69) is 15.4 Å². The lowest BCUT2D eigenvalue weighted by atomic mass is 10.2. The fourth-order valence-corrected chi connectivity index (χ4v) is 3.05. The molecule has 144 valence electrons. The van der Waals surface area contributed by atoms with Crippen molar-refractivity contribution in [3.8, 4) is 22.8 Å². The topological polar surface area (TPSA) is 69.0 Å². The fraction of sp³-hybridized carbons (Fsp3) is 0.0455. The van der Waals surface area contributed by atoms with Crippen LogP contribution in [0.25, 0.3) is 17.1 Å². The van der Waals surface area contributed by atoms with Crippen LogP contribution in [0.4, 0.5) is 5.69 Å². The van der Waals surface area contributed by atoms with Crippen LogP contribution in [0.15, 0.2) is 78.9 Å². The van der Waals surface area contributed by atoms with Crippen molar-refractivity contribution >= 4 is 23.2 Å². The third kappa shape index (κ3) is 4.12. The van der Waals surface area contributed by atoms with Gasteiger partial charge in [-0.1, -0.05) is 48.0 Å². The third-order valence-electron chi connectivity index (χ3n) is 4.22.